The molecule has 0 bridgehead atoms. The van der Waals surface area contributed by atoms with E-state index >= 15 is 0 Å². The first-order valence-electron chi connectivity index (χ1n) is 5.27. The molecule has 0 aliphatic heterocycles. The number of nitrogens with two attached hydrogens (primary N) is 1. The zero-order valence-electron chi connectivity index (χ0n) is 8.73. The predicted molar refractivity (Wildman–Crippen MR) is 65.2 cm³/mol. The van der Waals surface area contributed by atoms with Crippen LogP contribution in [0.25, 0.3) is 11.4 Å². The van der Waals surface area contributed by atoms with Crippen LogP contribution >= 0.6 is 11.3 Å². The summed E-state index contributed by atoms with van der Waals surface area (Å²) in [6.07, 6.45) is 3.20. The van der Waals surface area contributed by atoms with E-state index in [0.29, 0.717) is 0 Å². The lowest BCUT2D eigenvalue weighted by molar-refractivity contribution is 0.900. The van der Waals surface area contributed by atoms with E-state index in [-0.39, 0.29) is 0 Å². The SMILES string of the molecule is NNc1nc(-c2ccsc2)nc2c1CCC2. The van der Waals surface area contributed by atoms with Gasteiger partial charge in [-0.3, -0.25) is 0 Å². The van der Waals surface area contributed by atoms with Gasteiger partial charge in [-0.05, 0) is 30.7 Å². The molecule has 0 atom stereocenters. The van der Waals surface area contributed by atoms with Gasteiger partial charge in [0.25, 0.3) is 0 Å². The molecule has 0 aromatic carbocycles. The van der Waals surface area contributed by atoms with Crippen molar-refractivity contribution >= 4 is 17.2 Å². The minimum atomic E-state index is 0.773. The standard InChI is InChI=1S/C11H12N4S/c12-15-11-8-2-1-3-9(8)13-10(14-11)7-4-5-16-6-7/h4-6H,1-3,12H2,(H,13,14,15). The molecule has 82 valence electrons. The summed E-state index contributed by atoms with van der Waals surface area (Å²) >= 11 is 1.65. The molecule has 0 saturated carbocycles. The van der Waals surface area contributed by atoms with Crippen molar-refractivity contribution in [2.45, 2.75) is 19.3 Å². The number of nitrogens with one attached hydrogen (secondary N) is 1. The van der Waals surface area contributed by atoms with Crippen molar-refractivity contribution in [3.05, 3.63) is 28.1 Å². The van der Waals surface area contributed by atoms with Gasteiger partial charge in [0.2, 0.25) is 0 Å². The Balaban J connectivity index is 2.15. The average Bonchev–Trinajstić information content (AvgIpc) is 2.97. The van der Waals surface area contributed by atoms with Crippen molar-refractivity contribution in [1.29, 1.82) is 0 Å². The smallest absolute Gasteiger partial charge is 0.162 e. The lowest BCUT2D eigenvalue weighted by Gasteiger charge is -2.08. The molecule has 1 aliphatic carbocycles. The molecule has 0 spiro atoms. The first-order chi connectivity index (χ1) is 7.88. The number of anilines is 1. The molecule has 4 nitrogen and oxygen atoms in total. The van der Waals surface area contributed by atoms with E-state index in [0.717, 1.165) is 42.2 Å². The number of rotatable bonds is 2. The van der Waals surface area contributed by atoms with Gasteiger partial charge in [0.15, 0.2) is 5.82 Å². The van der Waals surface area contributed by atoms with Crippen molar-refractivity contribution in [3.8, 4) is 11.4 Å². The first kappa shape index (κ1) is 9.74. The molecule has 3 rings (SSSR count). The largest absolute Gasteiger partial charge is 0.308 e. The maximum absolute atomic E-state index is 5.51. The zero-order chi connectivity index (χ0) is 11.0. The number of fused-ring (bicyclic) bond motifs is 1. The molecule has 16 heavy (non-hydrogen) atoms. The van der Waals surface area contributed by atoms with Crippen LogP contribution in [0.15, 0.2) is 16.8 Å². The van der Waals surface area contributed by atoms with Crippen molar-refractivity contribution in [3.63, 3.8) is 0 Å². The Hall–Kier alpha value is -1.46. The molecule has 2 aromatic heterocycles. The number of hydrazine groups is 1. The van der Waals surface area contributed by atoms with Crippen LogP contribution in [0, 0.1) is 0 Å². The van der Waals surface area contributed by atoms with Gasteiger partial charge in [0.1, 0.15) is 5.82 Å². The Labute approximate surface area is 97.5 Å². The Morgan fingerprint density at radius 2 is 2.25 bits per heavy atom. The van der Waals surface area contributed by atoms with Crippen LogP contribution in [0.2, 0.25) is 0 Å². The highest BCUT2D eigenvalue weighted by Gasteiger charge is 2.19. The molecule has 0 amide bonds. The molecule has 2 heterocycles. The number of hydrogen-bond donors (Lipinski definition) is 2. The van der Waals surface area contributed by atoms with Crippen LogP contribution in [0.3, 0.4) is 0 Å². The first-order valence-corrected chi connectivity index (χ1v) is 6.22. The summed E-state index contributed by atoms with van der Waals surface area (Å²) in [5.41, 5.74) is 6.07. The molecule has 0 unspecified atom stereocenters. The Kier molecular flexibility index (Phi) is 2.34. The van der Waals surface area contributed by atoms with Crippen molar-refractivity contribution in [2.75, 3.05) is 5.43 Å². The number of nitrogens with zero attached hydrogens (tertiary/aromatic N) is 2. The fraction of sp³-hybridized carbons (Fsp3) is 0.273. The molecule has 1 aliphatic rings. The topological polar surface area (TPSA) is 63.8 Å². The van der Waals surface area contributed by atoms with E-state index in [1.807, 2.05) is 11.4 Å². The van der Waals surface area contributed by atoms with Crippen LogP contribution in [-0.2, 0) is 12.8 Å². The minimum Gasteiger partial charge on any atom is -0.308 e. The van der Waals surface area contributed by atoms with Gasteiger partial charge in [-0.1, -0.05) is 0 Å². The molecule has 0 fully saturated rings. The van der Waals surface area contributed by atoms with E-state index in [1.165, 1.54) is 5.56 Å². The summed E-state index contributed by atoms with van der Waals surface area (Å²) in [5.74, 6) is 7.06. The number of hydrogen-bond acceptors (Lipinski definition) is 5. The lowest BCUT2D eigenvalue weighted by atomic mass is 10.2. The molecular weight excluding hydrogens is 220 g/mol. The van der Waals surface area contributed by atoms with Gasteiger partial charge in [-0.15, -0.1) is 0 Å². The van der Waals surface area contributed by atoms with Gasteiger partial charge in [0, 0.05) is 22.2 Å². The second kappa shape index (κ2) is 3.84. The van der Waals surface area contributed by atoms with Gasteiger partial charge < -0.3 is 5.43 Å². The lowest BCUT2D eigenvalue weighted by Crippen LogP contribution is -2.12. The molecule has 0 radical (unpaired) electrons. The summed E-state index contributed by atoms with van der Waals surface area (Å²) in [6, 6.07) is 2.03. The number of aromatic nitrogens is 2. The van der Waals surface area contributed by atoms with Crippen LogP contribution in [0.1, 0.15) is 17.7 Å². The number of thiophene rings is 1. The molecule has 0 saturated heterocycles. The normalized spacial score (nSPS) is 13.8. The van der Waals surface area contributed by atoms with Gasteiger partial charge in [-0.25, -0.2) is 15.8 Å². The zero-order valence-corrected chi connectivity index (χ0v) is 9.55. The van der Waals surface area contributed by atoms with Gasteiger partial charge in [-0.2, -0.15) is 11.3 Å². The summed E-state index contributed by atoms with van der Waals surface area (Å²) in [6.45, 7) is 0. The summed E-state index contributed by atoms with van der Waals surface area (Å²) < 4.78 is 0. The highest BCUT2D eigenvalue weighted by molar-refractivity contribution is 7.08. The Morgan fingerprint density at radius 1 is 1.31 bits per heavy atom. The Bertz CT molecular complexity index is 507. The van der Waals surface area contributed by atoms with Crippen LogP contribution in [0.4, 0.5) is 5.82 Å². The summed E-state index contributed by atoms with van der Waals surface area (Å²) in [7, 11) is 0. The second-order valence-corrected chi connectivity index (χ2v) is 4.61. The second-order valence-electron chi connectivity index (χ2n) is 3.83. The summed E-state index contributed by atoms with van der Waals surface area (Å²) in [5, 5.41) is 4.08. The monoisotopic (exact) mass is 232 g/mol. The highest BCUT2D eigenvalue weighted by atomic mass is 32.1. The Morgan fingerprint density at radius 3 is 3.00 bits per heavy atom. The van der Waals surface area contributed by atoms with Crippen molar-refractivity contribution in [1.82, 2.24) is 9.97 Å². The molecule has 2 aromatic rings. The van der Waals surface area contributed by atoms with Gasteiger partial charge >= 0.3 is 0 Å². The fourth-order valence-electron chi connectivity index (χ4n) is 2.07. The third-order valence-electron chi connectivity index (χ3n) is 2.85. The predicted octanol–water partition coefficient (Wildman–Crippen LogP) is 1.98. The van der Waals surface area contributed by atoms with Crippen molar-refractivity contribution in [2.24, 2.45) is 5.84 Å². The average molecular weight is 232 g/mol. The molecular formula is C11H12N4S. The van der Waals surface area contributed by atoms with E-state index in [9.17, 15) is 0 Å². The number of nitrogen functional groups attached to an aromatic ring is 1. The maximum Gasteiger partial charge on any atom is 0.162 e. The van der Waals surface area contributed by atoms with Gasteiger partial charge in [0.05, 0.1) is 0 Å². The van der Waals surface area contributed by atoms with E-state index in [2.05, 4.69) is 20.8 Å². The highest BCUT2D eigenvalue weighted by Crippen LogP contribution is 2.29. The molecule has 3 N–H and O–H groups in total. The quantitative estimate of drug-likeness (QED) is 0.614. The fourth-order valence-corrected chi connectivity index (χ4v) is 2.71. The maximum atomic E-state index is 5.51. The molecule has 5 heteroatoms. The minimum absolute atomic E-state index is 0.773. The third-order valence-corrected chi connectivity index (χ3v) is 3.53. The van der Waals surface area contributed by atoms with Crippen LogP contribution in [0.5, 0.6) is 0 Å². The van der Waals surface area contributed by atoms with Crippen LogP contribution in [-0.4, -0.2) is 9.97 Å². The van der Waals surface area contributed by atoms with E-state index in [1.54, 1.807) is 11.3 Å². The van der Waals surface area contributed by atoms with Crippen molar-refractivity contribution < 1.29 is 0 Å². The van der Waals surface area contributed by atoms with E-state index in [4.69, 9.17) is 5.84 Å². The third kappa shape index (κ3) is 1.48. The summed E-state index contributed by atoms with van der Waals surface area (Å²) in [4.78, 5) is 9.07. The van der Waals surface area contributed by atoms with Crippen LogP contribution < -0.4 is 11.3 Å². The van der Waals surface area contributed by atoms with E-state index < -0.39 is 0 Å². The number of aryl methyl sites for hydroxylation is 1.